The molecule has 2 unspecified atom stereocenters. The van der Waals surface area contributed by atoms with Gasteiger partial charge in [-0.3, -0.25) is 9.52 Å². The second-order valence-corrected chi connectivity index (χ2v) is 13.4. The number of anilines is 2. The lowest BCUT2D eigenvalue weighted by molar-refractivity contribution is -0.133. The van der Waals surface area contributed by atoms with Crippen molar-refractivity contribution >= 4 is 37.1 Å². The number of nitrogens with zero attached hydrogens (tertiary/aromatic N) is 1. The molecule has 0 aromatic heterocycles. The minimum Gasteiger partial charge on any atom is -0.511 e. The van der Waals surface area contributed by atoms with Crippen LogP contribution in [0.25, 0.3) is 0 Å². The SMILES string of the molecule is CS(=O)(=O)Nc1ccc2c(c1)S(=O)(=O)C=C(C1=C(O)C3CCCCCC3N(Cc3ccc(F)cc3)C1=O)N2. The second kappa shape index (κ2) is 9.73. The monoisotopic (exact) mass is 561 g/mol. The molecule has 1 fully saturated rings. The lowest BCUT2D eigenvalue weighted by Gasteiger charge is -2.42. The maximum Gasteiger partial charge on any atom is 0.259 e. The van der Waals surface area contributed by atoms with E-state index in [1.54, 1.807) is 17.0 Å². The molecule has 9 nitrogen and oxygen atoms in total. The zero-order valence-electron chi connectivity index (χ0n) is 20.6. The van der Waals surface area contributed by atoms with Crippen LogP contribution in [0.4, 0.5) is 15.8 Å². The van der Waals surface area contributed by atoms with Crippen molar-refractivity contribution in [2.24, 2.45) is 5.92 Å². The van der Waals surface area contributed by atoms with E-state index in [4.69, 9.17) is 0 Å². The van der Waals surface area contributed by atoms with Crippen LogP contribution in [0, 0.1) is 11.7 Å². The van der Waals surface area contributed by atoms with E-state index in [0.717, 1.165) is 36.5 Å². The Hall–Kier alpha value is -3.38. The van der Waals surface area contributed by atoms with Crippen LogP contribution < -0.4 is 10.0 Å². The van der Waals surface area contributed by atoms with Crippen molar-refractivity contribution in [1.82, 2.24) is 4.90 Å². The highest BCUT2D eigenvalue weighted by molar-refractivity contribution is 7.94. The molecule has 12 heteroatoms. The Morgan fingerprint density at radius 1 is 1.11 bits per heavy atom. The van der Waals surface area contributed by atoms with E-state index in [1.807, 2.05) is 0 Å². The molecule has 0 saturated heterocycles. The second-order valence-electron chi connectivity index (χ2n) is 9.92. The number of halogens is 1. The number of sulfonamides is 1. The summed E-state index contributed by atoms with van der Waals surface area (Å²) in [5.74, 6) is -1.40. The van der Waals surface area contributed by atoms with Gasteiger partial charge in [0.2, 0.25) is 19.9 Å². The van der Waals surface area contributed by atoms with Gasteiger partial charge in [0.1, 0.15) is 17.1 Å². The molecule has 1 saturated carbocycles. The van der Waals surface area contributed by atoms with Crippen molar-refractivity contribution < 1.29 is 31.1 Å². The van der Waals surface area contributed by atoms with Gasteiger partial charge in [0.25, 0.3) is 5.91 Å². The van der Waals surface area contributed by atoms with Crippen LogP contribution in [0.2, 0.25) is 0 Å². The predicted octanol–water partition coefficient (Wildman–Crippen LogP) is 4.04. The molecule has 2 aliphatic heterocycles. The molecule has 3 aliphatic rings. The predicted molar refractivity (Wildman–Crippen MR) is 141 cm³/mol. The number of carbonyl (C=O) groups is 1. The fourth-order valence-electron chi connectivity index (χ4n) is 5.45. The van der Waals surface area contributed by atoms with Crippen molar-refractivity contribution in [3.8, 4) is 0 Å². The molecule has 2 aromatic rings. The summed E-state index contributed by atoms with van der Waals surface area (Å²) in [5.41, 5.74) is 0.801. The normalized spacial score (nSPS) is 23.1. The van der Waals surface area contributed by atoms with E-state index in [1.165, 1.54) is 30.3 Å². The lowest BCUT2D eigenvalue weighted by atomic mass is 9.84. The smallest absolute Gasteiger partial charge is 0.259 e. The molecule has 38 heavy (non-hydrogen) atoms. The van der Waals surface area contributed by atoms with Gasteiger partial charge >= 0.3 is 0 Å². The van der Waals surface area contributed by atoms with Crippen molar-refractivity contribution in [3.63, 3.8) is 0 Å². The van der Waals surface area contributed by atoms with Crippen molar-refractivity contribution in [3.05, 3.63) is 76.3 Å². The van der Waals surface area contributed by atoms with Gasteiger partial charge in [0, 0.05) is 24.2 Å². The van der Waals surface area contributed by atoms with Crippen LogP contribution in [0.15, 0.2) is 69.8 Å². The molecule has 0 spiro atoms. The Morgan fingerprint density at radius 3 is 2.53 bits per heavy atom. The van der Waals surface area contributed by atoms with Gasteiger partial charge in [0.05, 0.1) is 27.9 Å². The molecular weight excluding hydrogens is 533 g/mol. The highest BCUT2D eigenvalue weighted by atomic mass is 32.2. The van der Waals surface area contributed by atoms with E-state index in [9.17, 15) is 31.1 Å². The molecule has 1 aliphatic carbocycles. The Bertz CT molecular complexity index is 1570. The molecule has 1 amide bonds. The summed E-state index contributed by atoms with van der Waals surface area (Å²) in [6.07, 6.45) is 5.01. The third-order valence-electron chi connectivity index (χ3n) is 7.13. The summed E-state index contributed by atoms with van der Waals surface area (Å²) in [6.45, 7) is 0.189. The number of sulfone groups is 1. The van der Waals surface area contributed by atoms with Crippen LogP contribution in [0.3, 0.4) is 0 Å². The Kier molecular flexibility index (Phi) is 6.72. The minimum atomic E-state index is -4.10. The van der Waals surface area contributed by atoms with Crippen LogP contribution in [-0.2, 0) is 31.2 Å². The average Bonchev–Trinajstić information content (AvgIpc) is 3.09. The highest BCUT2D eigenvalue weighted by Gasteiger charge is 2.44. The van der Waals surface area contributed by atoms with Gasteiger partial charge in [-0.1, -0.05) is 31.4 Å². The maximum absolute atomic E-state index is 13.9. The fourth-order valence-corrected chi connectivity index (χ4v) is 7.34. The van der Waals surface area contributed by atoms with Gasteiger partial charge in [-0.25, -0.2) is 21.2 Å². The number of aliphatic hydroxyl groups excluding tert-OH is 1. The van der Waals surface area contributed by atoms with Gasteiger partial charge in [0.15, 0.2) is 0 Å². The molecule has 2 aromatic carbocycles. The summed E-state index contributed by atoms with van der Waals surface area (Å²) < 4.78 is 65.4. The Labute approximate surface area is 221 Å². The van der Waals surface area contributed by atoms with Crippen LogP contribution in [0.1, 0.15) is 37.7 Å². The van der Waals surface area contributed by atoms with Gasteiger partial charge < -0.3 is 15.3 Å². The molecule has 5 rings (SSSR count). The minimum absolute atomic E-state index is 0.0457. The lowest BCUT2D eigenvalue weighted by Crippen LogP contribution is -2.50. The first kappa shape index (κ1) is 26.2. The molecule has 3 N–H and O–H groups in total. The Balaban J connectivity index is 1.55. The number of hydrogen-bond acceptors (Lipinski definition) is 7. The molecular formula is C26H28FN3O6S2. The number of nitrogens with one attached hydrogen (secondary N) is 2. The molecule has 2 atom stereocenters. The van der Waals surface area contributed by atoms with Gasteiger partial charge in [-0.2, -0.15) is 0 Å². The van der Waals surface area contributed by atoms with E-state index in [0.29, 0.717) is 12.8 Å². The Morgan fingerprint density at radius 2 is 1.82 bits per heavy atom. The summed E-state index contributed by atoms with van der Waals surface area (Å²) in [5, 5.41) is 15.2. The molecule has 202 valence electrons. The molecule has 0 bridgehead atoms. The van der Waals surface area contributed by atoms with Crippen LogP contribution in [0.5, 0.6) is 0 Å². The number of aliphatic hydroxyl groups is 1. The number of amides is 1. The van der Waals surface area contributed by atoms with Crippen molar-refractivity contribution in [2.75, 3.05) is 16.3 Å². The zero-order chi connectivity index (χ0) is 27.2. The van der Waals surface area contributed by atoms with E-state index in [-0.39, 0.29) is 57.6 Å². The van der Waals surface area contributed by atoms with Gasteiger partial charge in [-0.05, 0) is 48.7 Å². The number of rotatable bonds is 5. The number of benzene rings is 2. The largest absolute Gasteiger partial charge is 0.511 e. The standard InChI is InChI=1S/C26H28FN3O6S2/c1-37(33,34)29-18-11-12-20-23(13-18)38(35,36)15-21(28-20)24-25(31)19-5-3-2-4-6-22(19)30(26(24)32)14-16-7-9-17(27)10-8-16/h7-13,15,19,22,28-29,31H,2-6,14H2,1H3. The number of fused-ring (bicyclic) bond motifs is 2. The third kappa shape index (κ3) is 5.14. The highest BCUT2D eigenvalue weighted by Crippen LogP contribution is 2.42. The maximum atomic E-state index is 13.9. The first-order valence-corrected chi connectivity index (χ1v) is 15.7. The average molecular weight is 562 g/mol. The summed E-state index contributed by atoms with van der Waals surface area (Å²) in [7, 11) is -7.72. The number of carbonyl (C=O) groups excluding carboxylic acids is 1. The number of hydrogen-bond donors (Lipinski definition) is 3. The van der Waals surface area contributed by atoms with Crippen molar-refractivity contribution in [1.29, 1.82) is 0 Å². The quantitative estimate of drug-likeness (QED) is 0.502. The van der Waals surface area contributed by atoms with E-state index >= 15 is 0 Å². The summed E-state index contributed by atoms with van der Waals surface area (Å²) in [4.78, 5) is 15.4. The molecule has 2 heterocycles. The summed E-state index contributed by atoms with van der Waals surface area (Å²) in [6, 6.07) is 9.60. The van der Waals surface area contributed by atoms with E-state index < -0.39 is 25.8 Å². The third-order valence-corrected chi connectivity index (χ3v) is 9.23. The first-order valence-electron chi connectivity index (χ1n) is 12.3. The first-order chi connectivity index (χ1) is 17.9. The van der Waals surface area contributed by atoms with Crippen LogP contribution >= 0.6 is 0 Å². The van der Waals surface area contributed by atoms with Crippen LogP contribution in [-0.4, -0.2) is 45.0 Å². The van der Waals surface area contributed by atoms with E-state index in [2.05, 4.69) is 10.0 Å². The zero-order valence-corrected chi connectivity index (χ0v) is 22.3. The van der Waals surface area contributed by atoms with Crippen molar-refractivity contribution in [2.45, 2.75) is 49.6 Å². The summed E-state index contributed by atoms with van der Waals surface area (Å²) >= 11 is 0. The topological polar surface area (TPSA) is 133 Å². The van der Waals surface area contributed by atoms with Gasteiger partial charge in [-0.15, -0.1) is 0 Å². The molecule has 0 radical (unpaired) electrons. The fraction of sp³-hybridized carbons (Fsp3) is 0.346.